The number of rotatable bonds is 1. The molecule has 54 valence electrons. The fourth-order valence-corrected chi connectivity index (χ4v) is 0.518. The maximum absolute atomic E-state index is 10.5. The summed E-state index contributed by atoms with van der Waals surface area (Å²) in [7, 11) is 0. The number of nitrogens with two attached hydrogens (primary N) is 1. The quantitative estimate of drug-likeness (QED) is 0.553. The molecule has 1 heterocycles. The molecular weight excluding hydrogens is 134 g/mol. The van der Waals surface area contributed by atoms with Crippen molar-refractivity contribution in [2.24, 2.45) is 5.73 Å². The van der Waals surface area contributed by atoms with E-state index in [0.717, 1.165) is 0 Å². The van der Waals surface area contributed by atoms with E-state index in [9.17, 15) is 4.79 Å². The van der Waals surface area contributed by atoms with Crippen molar-refractivity contribution in [1.29, 1.82) is 0 Å². The van der Waals surface area contributed by atoms with E-state index in [1.165, 1.54) is 24.9 Å². The normalized spacial score (nSPS) is 22.6. The molecule has 0 aromatic carbocycles. The van der Waals surface area contributed by atoms with E-state index in [-0.39, 0.29) is 0 Å². The van der Waals surface area contributed by atoms with Crippen molar-refractivity contribution in [2.75, 3.05) is 0 Å². The van der Waals surface area contributed by atoms with Gasteiger partial charge in [-0.25, -0.2) is 0 Å². The average Bonchev–Trinajstić information content (AvgIpc) is 2.12. The maximum Gasteiger partial charge on any atom is 0.262 e. The summed E-state index contributed by atoms with van der Waals surface area (Å²) in [6.07, 6.45) is 4.66. The summed E-state index contributed by atoms with van der Waals surface area (Å²) in [5, 5.41) is 0. The lowest BCUT2D eigenvalue weighted by atomic mass is 10.3. The smallest absolute Gasteiger partial charge is 0.262 e. The summed E-state index contributed by atoms with van der Waals surface area (Å²) >= 11 is 0. The van der Waals surface area contributed by atoms with Gasteiger partial charge in [-0.15, -0.1) is 0 Å². The molecule has 0 saturated heterocycles. The van der Waals surface area contributed by atoms with E-state index in [1.54, 1.807) is 0 Å². The number of primary amides is 1. The SMILES string of the molecule is NC(=O)C1C=COC=CO1. The molecule has 1 rings (SSSR count). The van der Waals surface area contributed by atoms with Gasteiger partial charge in [0.2, 0.25) is 0 Å². The minimum Gasteiger partial charge on any atom is -0.481 e. The van der Waals surface area contributed by atoms with Crippen LogP contribution in [-0.4, -0.2) is 12.0 Å². The Kier molecular flexibility index (Phi) is 1.94. The number of amides is 1. The number of hydrogen-bond donors (Lipinski definition) is 1. The molecule has 4 nitrogen and oxygen atoms in total. The van der Waals surface area contributed by atoms with Crippen molar-refractivity contribution in [3.05, 3.63) is 24.9 Å². The fraction of sp³-hybridized carbons (Fsp3) is 0.167. The highest BCUT2D eigenvalue weighted by Gasteiger charge is 2.11. The first-order chi connectivity index (χ1) is 4.80. The Bertz CT molecular complexity index is 185. The van der Waals surface area contributed by atoms with Crippen molar-refractivity contribution in [3.8, 4) is 0 Å². The zero-order valence-electron chi connectivity index (χ0n) is 5.19. The molecule has 0 radical (unpaired) electrons. The van der Waals surface area contributed by atoms with Gasteiger partial charge in [0.1, 0.15) is 12.5 Å². The Labute approximate surface area is 57.9 Å². The third-order valence-corrected chi connectivity index (χ3v) is 0.972. The molecule has 0 aromatic heterocycles. The van der Waals surface area contributed by atoms with E-state index in [4.69, 9.17) is 10.5 Å². The summed E-state index contributed by atoms with van der Waals surface area (Å²) < 4.78 is 9.48. The molecule has 2 N–H and O–H groups in total. The van der Waals surface area contributed by atoms with Crippen molar-refractivity contribution >= 4 is 5.91 Å². The Hall–Kier alpha value is -1.45. The Morgan fingerprint density at radius 1 is 1.40 bits per heavy atom. The number of carbonyl (C=O) groups is 1. The van der Waals surface area contributed by atoms with Crippen LogP contribution in [0.2, 0.25) is 0 Å². The minimum absolute atomic E-state index is 0.536. The largest absolute Gasteiger partial charge is 0.481 e. The molecule has 0 spiro atoms. The lowest BCUT2D eigenvalue weighted by Crippen LogP contribution is -2.27. The van der Waals surface area contributed by atoms with Crippen LogP contribution in [0.1, 0.15) is 0 Å². The molecule has 1 aliphatic heterocycles. The predicted octanol–water partition coefficient (Wildman–Crippen LogP) is -0.128. The zero-order chi connectivity index (χ0) is 7.40. The fourth-order valence-electron chi connectivity index (χ4n) is 0.518. The topological polar surface area (TPSA) is 61.6 Å². The molecule has 0 fully saturated rings. The molecule has 1 unspecified atom stereocenters. The van der Waals surface area contributed by atoms with Gasteiger partial charge in [0, 0.05) is 6.08 Å². The first kappa shape index (κ1) is 6.67. The molecule has 1 atom stereocenters. The van der Waals surface area contributed by atoms with Crippen LogP contribution in [0.25, 0.3) is 0 Å². The van der Waals surface area contributed by atoms with Gasteiger partial charge in [0.05, 0.1) is 6.26 Å². The lowest BCUT2D eigenvalue weighted by Gasteiger charge is -2.03. The molecule has 1 aliphatic rings. The molecule has 10 heavy (non-hydrogen) atoms. The minimum atomic E-state index is -0.709. The predicted molar refractivity (Wildman–Crippen MR) is 33.4 cm³/mol. The second kappa shape index (κ2) is 2.91. The highest BCUT2D eigenvalue weighted by molar-refractivity contribution is 5.80. The first-order valence-electron chi connectivity index (χ1n) is 2.72. The summed E-state index contributed by atoms with van der Waals surface area (Å²) in [5.41, 5.74) is 4.93. The van der Waals surface area contributed by atoms with Crippen molar-refractivity contribution in [1.82, 2.24) is 0 Å². The highest BCUT2D eigenvalue weighted by atomic mass is 16.5. The molecule has 4 heteroatoms. The summed E-state index contributed by atoms with van der Waals surface area (Å²) in [6.45, 7) is 0. The summed E-state index contributed by atoms with van der Waals surface area (Å²) in [5.74, 6) is -0.536. The summed E-state index contributed by atoms with van der Waals surface area (Å²) in [4.78, 5) is 10.5. The second-order valence-electron chi connectivity index (χ2n) is 1.70. The van der Waals surface area contributed by atoms with Gasteiger partial charge in [0.15, 0.2) is 6.10 Å². The van der Waals surface area contributed by atoms with Crippen molar-refractivity contribution in [3.63, 3.8) is 0 Å². The molecule has 0 saturated carbocycles. The van der Waals surface area contributed by atoms with Gasteiger partial charge in [0.25, 0.3) is 5.91 Å². The van der Waals surface area contributed by atoms with Crippen LogP contribution in [0.5, 0.6) is 0 Å². The van der Waals surface area contributed by atoms with Gasteiger partial charge >= 0.3 is 0 Å². The standard InChI is InChI=1S/C6H7NO3/c7-6(8)5-1-2-9-3-4-10-5/h1-5H,(H2,7,8). The van der Waals surface area contributed by atoms with E-state index < -0.39 is 12.0 Å². The summed E-state index contributed by atoms with van der Waals surface area (Å²) in [6, 6.07) is 0. The second-order valence-corrected chi connectivity index (χ2v) is 1.70. The van der Waals surface area contributed by atoms with Crippen LogP contribution in [0, 0.1) is 0 Å². The number of carbonyl (C=O) groups excluding carboxylic acids is 1. The highest BCUT2D eigenvalue weighted by Crippen LogP contribution is 1.99. The van der Waals surface area contributed by atoms with Crippen LogP contribution in [-0.2, 0) is 14.3 Å². The maximum atomic E-state index is 10.5. The molecule has 0 aliphatic carbocycles. The van der Waals surface area contributed by atoms with Crippen LogP contribution in [0.4, 0.5) is 0 Å². The first-order valence-corrected chi connectivity index (χ1v) is 2.72. The Morgan fingerprint density at radius 2 is 2.20 bits per heavy atom. The van der Waals surface area contributed by atoms with Crippen LogP contribution >= 0.6 is 0 Å². The van der Waals surface area contributed by atoms with Crippen LogP contribution in [0.15, 0.2) is 24.9 Å². The molecule has 0 bridgehead atoms. The Morgan fingerprint density at radius 3 is 2.90 bits per heavy atom. The van der Waals surface area contributed by atoms with Crippen LogP contribution in [0.3, 0.4) is 0 Å². The van der Waals surface area contributed by atoms with Gasteiger partial charge in [-0.05, 0) is 0 Å². The molecule has 1 amide bonds. The zero-order valence-corrected chi connectivity index (χ0v) is 5.19. The monoisotopic (exact) mass is 141 g/mol. The van der Waals surface area contributed by atoms with E-state index in [0.29, 0.717) is 0 Å². The van der Waals surface area contributed by atoms with E-state index in [2.05, 4.69) is 4.74 Å². The number of ether oxygens (including phenoxy) is 2. The average molecular weight is 141 g/mol. The van der Waals surface area contributed by atoms with E-state index in [1.807, 2.05) is 0 Å². The third-order valence-electron chi connectivity index (χ3n) is 0.972. The number of hydrogen-bond acceptors (Lipinski definition) is 3. The van der Waals surface area contributed by atoms with Gasteiger partial charge in [-0.2, -0.15) is 0 Å². The lowest BCUT2D eigenvalue weighted by molar-refractivity contribution is -0.124. The van der Waals surface area contributed by atoms with Gasteiger partial charge < -0.3 is 15.2 Å². The Balaban J connectivity index is 2.60. The molecule has 0 aromatic rings. The van der Waals surface area contributed by atoms with Crippen molar-refractivity contribution in [2.45, 2.75) is 6.10 Å². The van der Waals surface area contributed by atoms with Crippen LogP contribution < -0.4 is 5.73 Å². The molecular formula is C6H7NO3. The van der Waals surface area contributed by atoms with E-state index >= 15 is 0 Å². The van der Waals surface area contributed by atoms with Crippen molar-refractivity contribution < 1.29 is 14.3 Å². The van der Waals surface area contributed by atoms with Gasteiger partial charge in [-0.3, -0.25) is 4.79 Å². The van der Waals surface area contributed by atoms with Gasteiger partial charge in [-0.1, -0.05) is 0 Å². The third kappa shape index (κ3) is 1.51.